The molecule has 2 nitrogen and oxygen atoms in total. The molecular weight excluding hydrogens is 158 g/mol. The molecule has 3 heteroatoms. The largest absolute Gasteiger partial charge is 0.472 e. The summed E-state index contributed by atoms with van der Waals surface area (Å²) < 4.78 is 4.93. The fourth-order valence-electron chi connectivity index (χ4n) is 0.967. The molecule has 0 saturated carbocycles. The zero-order chi connectivity index (χ0) is 7.68. The van der Waals surface area contributed by atoms with Crippen LogP contribution in [0.2, 0.25) is 0 Å². The first-order chi connectivity index (χ1) is 5.36. The Labute approximate surface area is 69.6 Å². The summed E-state index contributed by atoms with van der Waals surface area (Å²) in [6, 6.07) is 3.85. The van der Waals surface area contributed by atoms with Crippen molar-refractivity contribution in [2.75, 3.05) is 0 Å². The summed E-state index contributed by atoms with van der Waals surface area (Å²) >= 11 is 4.17. The maximum atomic E-state index is 4.93. The van der Waals surface area contributed by atoms with Crippen LogP contribution in [0.5, 0.6) is 0 Å². The zero-order valence-corrected chi connectivity index (χ0v) is 6.64. The Morgan fingerprint density at radius 1 is 1.45 bits per heavy atom. The lowest BCUT2D eigenvalue weighted by atomic mass is 10.2. The van der Waals surface area contributed by atoms with Crippen molar-refractivity contribution in [2.45, 2.75) is 4.90 Å². The third-order valence-electron chi connectivity index (χ3n) is 1.50. The van der Waals surface area contributed by atoms with Crippen LogP contribution >= 0.6 is 12.6 Å². The van der Waals surface area contributed by atoms with Crippen molar-refractivity contribution in [2.24, 2.45) is 0 Å². The van der Waals surface area contributed by atoms with Gasteiger partial charge in [-0.25, -0.2) is 0 Å². The average Bonchev–Trinajstić information content (AvgIpc) is 2.55. The molecule has 11 heavy (non-hydrogen) atoms. The molecule has 0 radical (unpaired) electrons. The summed E-state index contributed by atoms with van der Waals surface area (Å²) in [7, 11) is 0. The molecule has 2 heterocycles. The Morgan fingerprint density at radius 2 is 2.36 bits per heavy atom. The number of furan rings is 1. The lowest BCUT2D eigenvalue weighted by molar-refractivity contribution is 0.568. The first-order valence-corrected chi connectivity index (χ1v) is 3.71. The van der Waals surface area contributed by atoms with Gasteiger partial charge in [-0.05, 0) is 12.1 Å². The molecule has 0 aliphatic carbocycles. The molecule has 0 aliphatic rings. The number of thiol groups is 1. The van der Waals surface area contributed by atoms with Crippen LogP contribution in [-0.2, 0) is 0 Å². The van der Waals surface area contributed by atoms with Gasteiger partial charge in [-0.1, -0.05) is 0 Å². The molecule has 0 atom stereocenters. The van der Waals surface area contributed by atoms with Gasteiger partial charge in [0.25, 0.3) is 0 Å². The van der Waals surface area contributed by atoms with E-state index >= 15 is 0 Å². The second-order valence-corrected chi connectivity index (χ2v) is 2.80. The van der Waals surface area contributed by atoms with E-state index in [-0.39, 0.29) is 0 Å². The van der Waals surface area contributed by atoms with Gasteiger partial charge in [0.15, 0.2) is 0 Å². The fraction of sp³-hybridized carbons (Fsp3) is 0. The first-order valence-electron chi connectivity index (χ1n) is 3.26. The standard InChI is InChI=1S/C8H7NOS/c11-7-3-8(9-4-7)6-1-2-10-5-6/h1-5,9,11H. The molecule has 0 aliphatic heterocycles. The second-order valence-electron chi connectivity index (χ2n) is 2.28. The Hall–Kier alpha value is -1.09. The van der Waals surface area contributed by atoms with E-state index in [4.69, 9.17) is 4.42 Å². The summed E-state index contributed by atoms with van der Waals surface area (Å²) in [5, 5.41) is 0. The minimum atomic E-state index is 0.932. The highest BCUT2D eigenvalue weighted by molar-refractivity contribution is 7.80. The van der Waals surface area contributed by atoms with Gasteiger partial charge in [-0.3, -0.25) is 0 Å². The van der Waals surface area contributed by atoms with Gasteiger partial charge in [0.05, 0.1) is 12.5 Å². The number of hydrogen-bond acceptors (Lipinski definition) is 2. The second kappa shape index (κ2) is 2.51. The quantitative estimate of drug-likeness (QED) is 0.625. The lowest BCUT2D eigenvalue weighted by Gasteiger charge is -1.86. The predicted molar refractivity (Wildman–Crippen MR) is 45.7 cm³/mol. The van der Waals surface area contributed by atoms with Crippen molar-refractivity contribution < 1.29 is 4.42 Å². The molecule has 2 aromatic heterocycles. The highest BCUT2D eigenvalue weighted by Crippen LogP contribution is 2.20. The topological polar surface area (TPSA) is 28.9 Å². The Balaban J connectivity index is 2.45. The Bertz CT molecular complexity index is 337. The summed E-state index contributed by atoms with van der Waals surface area (Å²) in [6.45, 7) is 0. The summed E-state index contributed by atoms with van der Waals surface area (Å²) in [4.78, 5) is 4.00. The van der Waals surface area contributed by atoms with Crippen molar-refractivity contribution in [1.29, 1.82) is 0 Å². The third kappa shape index (κ3) is 1.19. The van der Waals surface area contributed by atoms with E-state index in [9.17, 15) is 0 Å². The fourth-order valence-corrected chi connectivity index (χ4v) is 1.16. The number of aromatic amines is 1. The normalized spacial score (nSPS) is 10.3. The molecule has 0 aromatic carbocycles. The van der Waals surface area contributed by atoms with Crippen LogP contribution in [-0.4, -0.2) is 4.98 Å². The van der Waals surface area contributed by atoms with Crippen molar-refractivity contribution in [1.82, 2.24) is 4.98 Å². The first kappa shape index (κ1) is 6.61. The van der Waals surface area contributed by atoms with Crippen molar-refractivity contribution in [3.63, 3.8) is 0 Å². The molecule has 0 spiro atoms. The van der Waals surface area contributed by atoms with E-state index in [1.54, 1.807) is 12.5 Å². The van der Waals surface area contributed by atoms with Crippen LogP contribution in [0.3, 0.4) is 0 Å². The Kier molecular flexibility index (Phi) is 1.51. The van der Waals surface area contributed by atoms with Crippen LogP contribution in [0.4, 0.5) is 0 Å². The highest BCUT2D eigenvalue weighted by Gasteiger charge is 1.99. The van der Waals surface area contributed by atoms with Crippen molar-refractivity contribution >= 4 is 12.6 Å². The van der Waals surface area contributed by atoms with Crippen molar-refractivity contribution in [3.05, 3.63) is 30.9 Å². The van der Waals surface area contributed by atoms with E-state index in [1.165, 1.54) is 0 Å². The minimum absolute atomic E-state index is 0.932. The monoisotopic (exact) mass is 165 g/mol. The number of nitrogens with one attached hydrogen (secondary N) is 1. The number of H-pyrrole nitrogens is 1. The molecule has 0 amide bonds. The van der Waals surface area contributed by atoms with Crippen molar-refractivity contribution in [3.8, 4) is 11.3 Å². The van der Waals surface area contributed by atoms with Gasteiger partial charge >= 0.3 is 0 Å². The van der Waals surface area contributed by atoms with Gasteiger partial charge in [0.1, 0.15) is 0 Å². The number of aromatic nitrogens is 1. The maximum absolute atomic E-state index is 4.93. The summed E-state index contributed by atoms with van der Waals surface area (Å²) in [6.07, 6.45) is 5.18. The predicted octanol–water partition coefficient (Wildman–Crippen LogP) is 2.56. The summed E-state index contributed by atoms with van der Waals surface area (Å²) in [5.74, 6) is 0. The molecule has 1 N–H and O–H groups in total. The summed E-state index contributed by atoms with van der Waals surface area (Å²) in [5.41, 5.74) is 2.08. The van der Waals surface area contributed by atoms with Crippen LogP contribution < -0.4 is 0 Å². The number of rotatable bonds is 1. The molecule has 2 rings (SSSR count). The zero-order valence-electron chi connectivity index (χ0n) is 5.74. The average molecular weight is 165 g/mol. The molecule has 0 saturated heterocycles. The molecular formula is C8H7NOS. The third-order valence-corrected chi connectivity index (χ3v) is 1.76. The molecule has 2 aromatic rings. The van der Waals surface area contributed by atoms with Crippen LogP contribution in [0.15, 0.2) is 40.2 Å². The maximum Gasteiger partial charge on any atom is 0.0995 e. The highest BCUT2D eigenvalue weighted by atomic mass is 32.1. The SMILES string of the molecule is Sc1c[nH]c(-c2ccoc2)c1. The molecule has 0 unspecified atom stereocenters. The van der Waals surface area contributed by atoms with Crippen LogP contribution in [0.25, 0.3) is 11.3 Å². The lowest BCUT2D eigenvalue weighted by Crippen LogP contribution is -1.68. The van der Waals surface area contributed by atoms with E-state index in [1.807, 2.05) is 18.3 Å². The van der Waals surface area contributed by atoms with E-state index in [0.717, 1.165) is 16.2 Å². The molecule has 0 fully saturated rings. The van der Waals surface area contributed by atoms with Gasteiger partial charge < -0.3 is 9.40 Å². The molecule has 56 valence electrons. The van der Waals surface area contributed by atoms with E-state index in [2.05, 4.69) is 17.6 Å². The van der Waals surface area contributed by atoms with E-state index in [0.29, 0.717) is 0 Å². The van der Waals surface area contributed by atoms with Gasteiger partial charge in [-0.2, -0.15) is 0 Å². The smallest absolute Gasteiger partial charge is 0.0995 e. The number of hydrogen-bond donors (Lipinski definition) is 2. The minimum Gasteiger partial charge on any atom is -0.472 e. The van der Waals surface area contributed by atoms with Crippen LogP contribution in [0.1, 0.15) is 0 Å². The molecule has 0 bridgehead atoms. The van der Waals surface area contributed by atoms with Crippen LogP contribution in [0, 0.1) is 0 Å². The van der Waals surface area contributed by atoms with E-state index < -0.39 is 0 Å². The Morgan fingerprint density at radius 3 is 2.91 bits per heavy atom. The van der Waals surface area contributed by atoms with Gasteiger partial charge in [0.2, 0.25) is 0 Å². The van der Waals surface area contributed by atoms with Gasteiger partial charge in [-0.15, -0.1) is 12.6 Å². The van der Waals surface area contributed by atoms with Gasteiger partial charge in [0, 0.05) is 22.3 Å².